The van der Waals surface area contributed by atoms with Gasteiger partial charge in [-0.15, -0.1) is 0 Å². The number of benzene rings is 1. The molecule has 24 nitrogen and oxygen atoms in total. The normalized spacial score (nSPS) is 29.2. The number of primary amides is 1. The molecule has 3 aliphatic heterocycles. The maximum atomic E-state index is 14.4. The van der Waals surface area contributed by atoms with Crippen LogP contribution in [0, 0.1) is 11.8 Å². The third kappa shape index (κ3) is 17.4. The molecule has 3 heterocycles. The molecule has 24 heteroatoms. The molecular formula is C50H80N8O16. The van der Waals surface area contributed by atoms with Gasteiger partial charge in [-0.3, -0.25) is 38.4 Å². The zero-order valence-corrected chi connectivity index (χ0v) is 42.8. The molecule has 4 rings (SSSR count). The van der Waals surface area contributed by atoms with Crippen LogP contribution >= 0.6 is 0 Å². The molecule has 3 saturated heterocycles. The van der Waals surface area contributed by atoms with Gasteiger partial charge in [-0.05, 0) is 43.6 Å². The second kappa shape index (κ2) is 29.1. The first-order valence-electron chi connectivity index (χ1n) is 25.8. The third-order valence-electron chi connectivity index (χ3n) is 14.2. The van der Waals surface area contributed by atoms with E-state index in [-0.39, 0.29) is 18.4 Å². The summed E-state index contributed by atoms with van der Waals surface area (Å²) in [5.74, 6) is -8.12. The molecule has 3 aliphatic rings. The summed E-state index contributed by atoms with van der Waals surface area (Å²) in [4.78, 5) is 112. The van der Waals surface area contributed by atoms with Crippen LogP contribution in [0.25, 0.3) is 0 Å². The standard InChI is InChI=1S/C50H80N8O16/c1-5-26(2)21-27(3)15-11-8-6-7-9-14-18-37(65)52-31-23-35(63)46(70)56-48(72)41-33(61)19-20-57(41)50(74)39(34(62)24-36(51)64)54-47(71)40(43(67)42(66)29-16-12-10-13-17-29)55-45(69)32-22-30(60)25-58(32)49(73)38(28(4)59)53-44(31)68/h10,12-13,16-17,26-28,30-35,38-43,46,59-63,66-67,70H,5-9,11,14-15,18-25H2,1-4H3,(H2,51,64)(H,52,65)(H,53,68)(H,54,71)(H,55,69)(H,56,72)/i48+1. The Kier molecular flexibility index (Phi) is 24.1. The maximum Gasteiger partial charge on any atom is 0.248 e. The van der Waals surface area contributed by atoms with Gasteiger partial charge in [0.1, 0.15) is 54.6 Å². The number of hydrogen-bond donors (Lipinski definition) is 14. The molecule has 0 aromatic heterocycles. The first-order chi connectivity index (χ1) is 34.9. The molecule has 0 radical (unpaired) electrons. The van der Waals surface area contributed by atoms with Crippen LogP contribution in [-0.4, -0.2) is 190 Å². The van der Waals surface area contributed by atoms with Crippen molar-refractivity contribution in [3.63, 3.8) is 0 Å². The Hall–Kier alpha value is -5.34. The van der Waals surface area contributed by atoms with Gasteiger partial charge in [-0.1, -0.05) is 96.0 Å². The third-order valence-corrected chi connectivity index (χ3v) is 14.2. The SMILES string of the molecule is CCC(C)CC(C)CCCCCCCCC(=O)NC1CC(O)C(O)N[13C](=O)C2C(O)CCN2C(=O)C(C(O)CC(N)=O)NC(=O)C(C(O)C(O)c2ccccc2)NC(=O)C2CC(O)CN2C(=O)C(C(C)O)NC1=O. The predicted octanol–water partition coefficient (Wildman–Crippen LogP) is -3.05. The summed E-state index contributed by atoms with van der Waals surface area (Å²) in [6, 6.07) is -4.45. The van der Waals surface area contributed by atoms with Crippen LogP contribution in [0.3, 0.4) is 0 Å². The van der Waals surface area contributed by atoms with Gasteiger partial charge in [0.15, 0.2) is 6.23 Å². The highest BCUT2D eigenvalue weighted by Crippen LogP contribution is 2.26. The lowest BCUT2D eigenvalue weighted by Gasteiger charge is -2.34. The van der Waals surface area contributed by atoms with Crippen molar-refractivity contribution in [2.75, 3.05) is 13.1 Å². The summed E-state index contributed by atoms with van der Waals surface area (Å²) >= 11 is 0. The van der Waals surface area contributed by atoms with E-state index in [0.717, 1.165) is 50.3 Å². The summed E-state index contributed by atoms with van der Waals surface area (Å²) in [5, 5.41) is 101. The van der Waals surface area contributed by atoms with Crippen molar-refractivity contribution in [2.45, 2.75) is 203 Å². The molecule has 3 fully saturated rings. The zero-order valence-electron chi connectivity index (χ0n) is 42.8. The van der Waals surface area contributed by atoms with Gasteiger partial charge in [-0.2, -0.15) is 0 Å². The fraction of sp³-hybridized carbons (Fsp3) is 0.720. The van der Waals surface area contributed by atoms with E-state index in [1.807, 2.05) is 0 Å². The molecule has 16 unspecified atom stereocenters. The van der Waals surface area contributed by atoms with Crippen molar-refractivity contribution in [3.8, 4) is 0 Å². The number of hydrogen-bond acceptors (Lipinski definition) is 16. The number of aliphatic hydroxyl groups is 8. The van der Waals surface area contributed by atoms with Gasteiger partial charge in [0.2, 0.25) is 47.3 Å². The van der Waals surface area contributed by atoms with E-state index in [4.69, 9.17) is 5.73 Å². The predicted molar refractivity (Wildman–Crippen MR) is 264 cm³/mol. The quantitative estimate of drug-likeness (QED) is 0.0456. The fourth-order valence-corrected chi connectivity index (χ4v) is 9.77. The summed E-state index contributed by atoms with van der Waals surface area (Å²) in [6.45, 7) is 6.83. The van der Waals surface area contributed by atoms with Crippen molar-refractivity contribution in [1.29, 1.82) is 0 Å². The van der Waals surface area contributed by atoms with Crippen LogP contribution in [0.15, 0.2) is 30.3 Å². The van der Waals surface area contributed by atoms with E-state index in [9.17, 15) is 79.2 Å². The highest BCUT2D eigenvalue weighted by molar-refractivity contribution is 5.98. The maximum absolute atomic E-state index is 14.4. The molecule has 0 aliphatic carbocycles. The van der Waals surface area contributed by atoms with Crippen LogP contribution in [0.1, 0.15) is 129 Å². The van der Waals surface area contributed by atoms with E-state index in [2.05, 4.69) is 47.4 Å². The average molecular weight is 1050 g/mol. The van der Waals surface area contributed by atoms with E-state index >= 15 is 0 Å². The molecule has 1 aromatic rings. The van der Waals surface area contributed by atoms with Crippen LogP contribution in [0.2, 0.25) is 0 Å². The molecule has 0 bridgehead atoms. The Morgan fingerprint density at radius 1 is 0.716 bits per heavy atom. The molecule has 1 aromatic carbocycles. The number of unbranched alkanes of at least 4 members (excludes halogenated alkanes) is 5. The molecule has 416 valence electrons. The smallest absolute Gasteiger partial charge is 0.248 e. The Morgan fingerprint density at radius 3 is 1.96 bits per heavy atom. The lowest BCUT2D eigenvalue weighted by Crippen LogP contribution is -2.64. The number of carbonyl (C=O) groups is 8. The Labute approximate surface area is 431 Å². The monoisotopic (exact) mass is 1050 g/mol. The van der Waals surface area contributed by atoms with Crippen molar-refractivity contribution >= 4 is 47.3 Å². The molecule has 74 heavy (non-hydrogen) atoms. The van der Waals surface area contributed by atoms with Crippen molar-refractivity contribution in [1.82, 2.24) is 36.4 Å². The lowest BCUT2D eigenvalue weighted by atomic mass is 9.91. The number of nitrogens with zero attached hydrogens (tertiary/aromatic N) is 2. The molecule has 0 spiro atoms. The molecular weight excluding hydrogens is 970 g/mol. The lowest BCUT2D eigenvalue weighted by molar-refractivity contribution is -0.149. The highest BCUT2D eigenvalue weighted by Gasteiger charge is 2.49. The molecule has 16 atom stereocenters. The zero-order chi connectivity index (χ0) is 55.0. The van der Waals surface area contributed by atoms with E-state index in [1.54, 1.807) is 6.07 Å². The minimum Gasteiger partial charge on any atom is -0.391 e. The van der Waals surface area contributed by atoms with Crippen molar-refractivity contribution in [3.05, 3.63) is 35.9 Å². The van der Waals surface area contributed by atoms with Gasteiger partial charge in [0.05, 0.1) is 30.8 Å². The molecule has 0 saturated carbocycles. The Bertz CT molecular complexity index is 2050. The number of nitrogens with one attached hydrogen (secondary N) is 5. The van der Waals surface area contributed by atoms with Crippen LogP contribution < -0.4 is 32.3 Å². The largest absolute Gasteiger partial charge is 0.391 e. The van der Waals surface area contributed by atoms with Gasteiger partial charge >= 0.3 is 0 Å². The highest BCUT2D eigenvalue weighted by atomic mass is 16.4. The van der Waals surface area contributed by atoms with Crippen LogP contribution in [0.4, 0.5) is 0 Å². The van der Waals surface area contributed by atoms with Crippen LogP contribution in [-0.2, 0) is 38.4 Å². The number of nitrogens with two attached hydrogens (primary N) is 1. The fourth-order valence-electron chi connectivity index (χ4n) is 9.77. The molecule has 8 amide bonds. The van der Waals surface area contributed by atoms with Gasteiger partial charge in [0, 0.05) is 32.4 Å². The summed E-state index contributed by atoms with van der Waals surface area (Å²) < 4.78 is 0. The number of fused-ring (bicyclic) bond motifs is 2. The Morgan fingerprint density at radius 2 is 1.32 bits per heavy atom. The summed E-state index contributed by atoms with van der Waals surface area (Å²) in [7, 11) is 0. The van der Waals surface area contributed by atoms with Crippen molar-refractivity contribution < 1.29 is 79.2 Å². The second-order valence-electron chi connectivity index (χ2n) is 20.4. The summed E-state index contributed by atoms with van der Waals surface area (Å²) in [5.41, 5.74) is 5.37. The van der Waals surface area contributed by atoms with E-state index < -0.39 is 165 Å². The number of aliphatic hydroxyl groups excluding tert-OH is 8. The first-order valence-corrected chi connectivity index (χ1v) is 25.8. The Balaban J connectivity index is 1.68. The van der Waals surface area contributed by atoms with Crippen LogP contribution in [0.5, 0.6) is 0 Å². The minimum absolute atomic E-state index is 0.0368. The van der Waals surface area contributed by atoms with E-state index in [1.165, 1.54) is 30.7 Å². The average Bonchev–Trinajstić information content (AvgIpc) is 3.95. The summed E-state index contributed by atoms with van der Waals surface area (Å²) in [6.07, 6.45) is -9.68. The van der Waals surface area contributed by atoms with Crippen molar-refractivity contribution in [2.24, 2.45) is 17.6 Å². The van der Waals surface area contributed by atoms with Gasteiger partial charge < -0.3 is 83.0 Å². The van der Waals surface area contributed by atoms with E-state index in [0.29, 0.717) is 29.6 Å². The number of amides is 8. The minimum atomic E-state index is -2.28. The molecule has 15 N–H and O–H groups in total. The number of rotatable bonds is 20. The first kappa shape index (κ1) is 61.2. The van der Waals surface area contributed by atoms with Gasteiger partial charge in [-0.25, -0.2) is 0 Å². The topological polar surface area (TPSA) is 391 Å². The number of carbonyl (C=O) groups excluding carboxylic acids is 8. The van der Waals surface area contributed by atoms with Gasteiger partial charge in [0.25, 0.3) is 0 Å². The second-order valence-corrected chi connectivity index (χ2v) is 20.4.